The third-order valence-electron chi connectivity index (χ3n) is 4.45. The van der Waals surface area contributed by atoms with Gasteiger partial charge in [0, 0.05) is 20.1 Å². The van der Waals surface area contributed by atoms with Gasteiger partial charge in [-0.2, -0.15) is 4.98 Å². The van der Waals surface area contributed by atoms with Crippen molar-refractivity contribution in [2.24, 2.45) is 7.05 Å². The summed E-state index contributed by atoms with van der Waals surface area (Å²) in [7, 11) is 1.57. The first-order chi connectivity index (χ1) is 11.5. The van der Waals surface area contributed by atoms with Crippen molar-refractivity contribution in [3.8, 4) is 0 Å². The lowest BCUT2D eigenvalue weighted by Gasteiger charge is -2.23. The second-order valence-corrected chi connectivity index (χ2v) is 6.53. The van der Waals surface area contributed by atoms with Crippen molar-refractivity contribution in [1.29, 1.82) is 0 Å². The number of aryl methyl sites for hydroxylation is 1. The molecule has 1 fully saturated rings. The molecule has 1 aliphatic heterocycles. The van der Waals surface area contributed by atoms with E-state index in [1.807, 2.05) is 0 Å². The van der Waals surface area contributed by atoms with E-state index >= 15 is 0 Å². The Morgan fingerprint density at radius 2 is 1.92 bits per heavy atom. The number of alkyl halides is 1. The lowest BCUT2D eigenvalue weighted by atomic mass is 10.2. The second kappa shape index (κ2) is 6.98. The van der Waals surface area contributed by atoms with Gasteiger partial charge in [-0.15, -0.1) is 11.6 Å². The maximum absolute atomic E-state index is 12.3. The van der Waals surface area contributed by atoms with Gasteiger partial charge < -0.3 is 14.6 Å². The van der Waals surface area contributed by atoms with E-state index in [1.165, 1.54) is 17.4 Å². The number of anilines is 1. The fourth-order valence-corrected chi connectivity index (χ4v) is 3.27. The highest BCUT2D eigenvalue weighted by atomic mass is 35.5. The summed E-state index contributed by atoms with van der Waals surface area (Å²) in [6.45, 7) is 1.84. The number of nitrogens with zero attached hydrogens (tertiary/aromatic N) is 4. The molecule has 0 unspecified atom stereocenters. The Labute approximate surface area is 143 Å². The Bertz CT molecular complexity index is 832. The third kappa shape index (κ3) is 3.08. The molecule has 0 spiro atoms. The molecule has 0 saturated carbocycles. The quantitative estimate of drug-likeness (QED) is 0.774. The summed E-state index contributed by atoms with van der Waals surface area (Å²) in [6, 6.07) is 0. The molecule has 3 rings (SSSR count). The molecule has 1 saturated heterocycles. The van der Waals surface area contributed by atoms with Gasteiger partial charge in [0.15, 0.2) is 11.2 Å². The SMILES string of the molecule is Cn1c(=O)[nH]c(=O)c2c1nc(N1CCCCCC1)n2C[C@H](O)CCl. The van der Waals surface area contributed by atoms with E-state index in [4.69, 9.17) is 11.6 Å². The van der Waals surface area contributed by atoms with Crippen LogP contribution in [0.4, 0.5) is 5.95 Å². The third-order valence-corrected chi connectivity index (χ3v) is 4.80. The standard InChI is InChI=1S/C15H22ClN5O3/c1-19-12-11(13(23)18-15(19)24)21(9-10(22)8-16)14(17-12)20-6-4-2-3-5-7-20/h10,22H,2-9H2,1H3,(H,18,23,24)/t10-/m1/s1. The molecule has 0 aliphatic carbocycles. The van der Waals surface area contributed by atoms with Crippen LogP contribution in [-0.4, -0.2) is 49.3 Å². The van der Waals surface area contributed by atoms with E-state index in [-0.39, 0.29) is 12.4 Å². The van der Waals surface area contributed by atoms with Gasteiger partial charge in [0.2, 0.25) is 5.95 Å². The topological polar surface area (TPSA) is 96.1 Å². The molecule has 1 atom stereocenters. The Kier molecular flexibility index (Phi) is 4.96. The van der Waals surface area contributed by atoms with Crippen LogP contribution in [0.3, 0.4) is 0 Å². The Morgan fingerprint density at radius 3 is 2.54 bits per heavy atom. The largest absolute Gasteiger partial charge is 0.390 e. The minimum Gasteiger partial charge on any atom is -0.390 e. The Morgan fingerprint density at radius 1 is 1.25 bits per heavy atom. The molecular formula is C15H22ClN5O3. The summed E-state index contributed by atoms with van der Waals surface area (Å²) in [5.41, 5.74) is -0.383. The van der Waals surface area contributed by atoms with Gasteiger partial charge in [0.25, 0.3) is 5.56 Å². The minimum absolute atomic E-state index is 0.0583. The zero-order valence-electron chi connectivity index (χ0n) is 13.7. The van der Waals surface area contributed by atoms with Gasteiger partial charge in [-0.25, -0.2) is 4.79 Å². The van der Waals surface area contributed by atoms with Crippen LogP contribution in [0.1, 0.15) is 25.7 Å². The number of aromatic amines is 1. The maximum atomic E-state index is 12.3. The lowest BCUT2D eigenvalue weighted by molar-refractivity contribution is 0.178. The number of aliphatic hydroxyl groups excluding tert-OH is 1. The summed E-state index contributed by atoms with van der Waals surface area (Å²) in [5, 5.41) is 10.0. The summed E-state index contributed by atoms with van der Waals surface area (Å²) in [4.78, 5) is 33.2. The van der Waals surface area contributed by atoms with Crippen LogP contribution in [0.2, 0.25) is 0 Å². The molecule has 24 heavy (non-hydrogen) atoms. The van der Waals surface area contributed by atoms with E-state index in [9.17, 15) is 14.7 Å². The number of halogens is 1. The van der Waals surface area contributed by atoms with Crippen molar-refractivity contribution < 1.29 is 5.11 Å². The molecule has 3 heterocycles. The van der Waals surface area contributed by atoms with Crippen molar-refractivity contribution in [3.05, 3.63) is 20.8 Å². The summed E-state index contributed by atoms with van der Waals surface area (Å²) in [5.74, 6) is 0.672. The average molecular weight is 356 g/mol. The molecular weight excluding hydrogens is 334 g/mol. The van der Waals surface area contributed by atoms with Crippen LogP contribution < -0.4 is 16.1 Å². The number of H-pyrrole nitrogens is 1. The molecule has 1 aliphatic rings. The van der Waals surface area contributed by atoms with Crippen LogP contribution in [0.15, 0.2) is 9.59 Å². The molecule has 8 nitrogen and oxygen atoms in total. The predicted molar refractivity (Wildman–Crippen MR) is 93.0 cm³/mol. The van der Waals surface area contributed by atoms with E-state index < -0.39 is 17.4 Å². The number of fused-ring (bicyclic) bond motifs is 1. The molecule has 9 heteroatoms. The molecule has 132 valence electrons. The highest BCUT2D eigenvalue weighted by molar-refractivity contribution is 6.18. The lowest BCUT2D eigenvalue weighted by Crippen LogP contribution is -2.31. The molecule has 0 radical (unpaired) electrons. The van der Waals surface area contributed by atoms with Gasteiger partial charge in [-0.1, -0.05) is 12.8 Å². The van der Waals surface area contributed by atoms with Gasteiger partial charge in [-0.05, 0) is 12.8 Å². The van der Waals surface area contributed by atoms with Crippen molar-refractivity contribution in [2.45, 2.75) is 38.3 Å². The van der Waals surface area contributed by atoms with Gasteiger partial charge in [0.05, 0.1) is 18.5 Å². The van der Waals surface area contributed by atoms with Gasteiger partial charge in [-0.3, -0.25) is 14.3 Å². The monoisotopic (exact) mass is 355 g/mol. The fraction of sp³-hybridized carbons (Fsp3) is 0.667. The number of rotatable bonds is 4. The zero-order valence-corrected chi connectivity index (χ0v) is 14.4. The molecule has 2 aromatic rings. The highest BCUT2D eigenvalue weighted by Crippen LogP contribution is 2.23. The molecule has 2 aromatic heterocycles. The van der Waals surface area contributed by atoms with Crippen molar-refractivity contribution in [1.82, 2.24) is 19.1 Å². The number of hydrogen-bond donors (Lipinski definition) is 2. The summed E-state index contributed by atoms with van der Waals surface area (Å²) < 4.78 is 3.01. The number of aliphatic hydroxyl groups is 1. The van der Waals surface area contributed by atoms with Crippen LogP contribution in [0.25, 0.3) is 11.2 Å². The Balaban J connectivity index is 2.20. The number of nitrogens with one attached hydrogen (secondary N) is 1. The number of aromatic nitrogens is 4. The summed E-state index contributed by atoms with van der Waals surface area (Å²) in [6.07, 6.45) is 3.64. The molecule has 0 aromatic carbocycles. The predicted octanol–water partition coefficient (Wildman–Crippen LogP) is 0.403. The van der Waals surface area contributed by atoms with Gasteiger partial charge >= 0.3 is 5.69 Å². The average Bonchev–Trinajstić information content (AvgIpc) is 2.74. The van der Waals surface area contributed by atoms with Crippen LogP contribution in [0, 0.1) is 0 Å². The van der Waals surface area contributed by atoms with Crippen molar-refractivity contribution in [3.63, 3.8) is 0 Å². The Hall–Kier alpha value is -1.80. The van der Waals surface area contributed by atoms with Gasteiger partial charge in [0.1, 0.15) is 0 Å². The fourth-order valence-electron chi connectivity index (χ4n) is 3.17. The first-order valence-electron chi connectivity index (χ1n) is 8.21. The zero-order chi connectivity index (χ0) is 17.3. The highest BCUT2D eigenvalue weighted by Gasteiger charge is 2.23. The number of hydrogen-bond acceptors (Lipinski definition) is 5. The molecule has 0 bridgehead atoms. The number of imidazole rings is 1. The normalized spacial score (nSPS) is 17.2. The van der Waals surface area contributed by atoms with Crippen LogP contribution in [-0.2, 0) is 13.6 Å². The first-order valence-corrected chi connectivity index (χ1v) is 8.75. The van der Waals surface area contributed by atoms with Crippen LogP contribution >= 0.6 is 11.6 Å². The maximum Gasteiger partial charge on any atom is 0.329 e. The van der Waals surface area contributed by atoms with E-state index in [0.29, 0.717) is 17.1 Å². The van der Waals surface area contributed by atoms with Crippen molar-refractivity contribution in [2.75, 3.05) is 23.9 Å². The van der Waals surface area contributed by atoms with Crippen LogP contribution in [0.5, 0.6) is 0 Å². The van der Waals surface area contributed by atoms with E-state index in [1.54, 1.807) is 11.6 Å². The van der Waals surface area contributed by atoms with E-state index in [2.05, 4.69) is 14.9 Å². The van der Waals surface area contributed by atoms with E-state index in [0.717, 1.165) is 25.9 Å². The first kappa shape index (κ1) is 17.0. The molecule has 0 amide bonds. The second-order valence-electron chi connectivity index (χ2n) is 6.22. The smallest absolute Gasteiger partial charge is 0.329 e. The molecule has 2 N–H and O–H groups in total. The van der Waals surface area contributed by atoms with Crippen molar-refractivity contribution >= 4 is 28.7 Å². The summed E-state index contributed by atoms with van der Waals surface area (Å²) >= 11 is 5.74. The minimum atomic E-state index is -0.800.